The average molecular weight is 305 g/mol. The second kappa shape index (κ2) is 7.08. The molecular formula is C15H16FN3OS. The molecule has 0 aliphatic carbocycles. The Labute approximate surface area is 127 Å². The Morgan fingerprint density at radius 1 is 1.33 bits per heavy atom. The minimum absolute atomic E-state index is 0.0816. The third kappa shape index (κ3) is 4.46. The summed E-state index contributed by atoms with van der Waals surface area (Å²) in [5.74, 6) is -0.131. The van der Waals surface area contributed by atoms with Crippen molar-refractivity contribution >= 4 is 23.4 Å². The molecule has 0 saturated heterocycles. The van der Waals surface area contributed by atoms with Crippen molar-refractivity contribution in [2.24, 2.45) is 0 Å². The van der Waals surface area contributed by atoms with Gasteiger partial charge in [0.25, 0.3) is 0 Å². The zero-order valence-electron chi connectivity index (χ0n) is 11.6. The van der Waals surface area contributed by atoms with Gasteiger partial charge in [-0.25, -0.2) is 9.37 Å². The number of nitrogen functional groups attached to an aromatic ring is 1. The van der Waals surface area contributed by atoms with E-state index in [1.807, 2.05) is 0 Å². The number of aromatic nitrogens is 1. The molecule has 0 aliphatic rings. The number of rotatable bonds is 5. The van der Waals surface area contributed by atoms with Gasteiger partial charge in [0, 0.05) is 19.2 Å². The first-order valence-electron chi connectivity index (χ1n) is 6.38. The fourth-order valence-corrected chi connectivity index (χ4v) is 2.48. The summed E-state index contributed by atoms with van der Waals surface area (Å²) in [5.41, 5.74) is 6.64. The molecule has 0 unspecified atom stereocenters. The first-order chi connectivity index (χ1) is 10.1. The lowest BCUT2D eigenvalue weighted by molar-refractivity contribution is -0.127. The summed E-state index contributed by atoms with van der Waals surface area (Å²) in [6.45, 7) is 0.251. The number of benzene rings is 1. The predicted octanol–water partition coefficient (Wildman–Crippen LogP) is 2.55. The molecule has 2 N–H and O–H groups in total. The Kier molecular flexibility index (Phi) is 5.16. The van der Waals surface area contributed by atoms with E-state index in [9.17, 15) is 9.18 Å². The molecule has 1 aromatic heterocycles. The van der Waals surface area contributed by atoms with Crippen LogP contribution < -0.4 is 5.73 Å². The standard InChI is InChI=1S/C15H16FN3OS/c1-19(9-11-4-2-3-5-13(11)16)15(20)10-21-14-7-6-12(17)8-18-14/h2-8H,9-10,17H2,1H3. The van der Waals surface area contributed by atoms with Crippen molar-refractivity contribution in [1.29, 1.82) is 0 Å². The third-order valence-corrected chi connectivity index (χ3v) is 3.82. The number of amides is 1. The fourth-order valence-electron chi connectivity index (χ4n) is 1.69. The lowest BCUT2D eigenvalue weighted by Crippen LogP contribution is -2.28. The van der Waals surface area contributed by atoms with Crippen LogP contribution in [0.2, 0.25) is 0 Å². The van der Waals surface area contributed by atoms with E-state index in [4.69, 9.17) is 5.73 Å². The maximum absolute atomic E-state index is 13.5. The molecule has 1 aromatic carbocycles. The van der Waals surface area contributed by atoms with Gasteiger partial charge in [-0.1, -0.05) is 30.0 Å². The van der Waals surface area contributed by atoms with Gasteiger partial charge in [-0.3, -0.25) is 4.79 Å². The number of hydrogen-bond acceptors (Lipinski definition) is 4. The topological polar surface area (TPSA) is 59.2 Å². The van der Waals surface area contributed by atoms with E-state index in [2.05, 4.69) is 4.98 Å². The van der Waals surface area contributed by atoms with Crippen LogP contribution in [0.1, 0.15) is 5.56 Å². The van der Waals surface area contributed by atoms with Crippen LogP contribution in [0.4, 0.5) is 10.1 Å². The lowest BCUT2D eigenvalue weighted by atomic mass is 10.2. The molecule has 110 valence electrons. The van der Waals surface area contributed by atoms with Crippen molar-refractivity contribution < 1.29 is 9.18 Å². The molecule has 1 heterocycles. The number of carbonyl (C=O) groups is 1. The molecule has 2 rings (SSSR count). The quantitative estimate of drug-likeness (QED) is 0.863. The van der Waals surface area contributed by atoms with Crippen molar-refractivity contribution in [1.82, 2.24) is 9.88 Å². The highest BCUT2D eigenvalue weighted by molar-refractivity contribution is 7.99. The summed E-state index contributed by atoms with van der Waals surface area (Å²) >= 11 is 1.33. The summed E-state index contributed by atoms with van der Waals surface area (Å²) in [6, 6.07) is 9.95. The maximum Gasteiger partial charge on any atom is 0.233 e. The van der Waals surface area contributed by atoms with Crippen molar-refractivity contribution in [3.05, 3.63) is 54.0 Å². The Morgan fingerprint density at radius 3 is 2.76 bits per heavy atom. The lowest BCUT2D eigenvalue weighted by Gasteiger charge is -2.17. The molecule has 0 atom stereocenters. The number of thioether (sulfide) groups is 1. The number of halogens is 1. The summed E-state index contributed by atoms with van der Waals surface area (Å²) in [6.07, 6.45) is 1.55. The first kappa shape index (κ1) is 15.3. The molecule has 4 nitrogen and oxygen atoms in total. The summed E-state index contributed by atoms with van der Waals surface area (Å²) < 4.78 is 13.5. The van der Waals surface area contributed by atoms with Crippen molar-refractivity contribution in [2.75, 3.05) is 18.5 Å². The zero-order valence-corrected chi connectivity index (χ0v) is 12.4. The minimum Gasteiger partial charge on any atom is -0.397 e. The Hall–Kier alpha value is -2.08. The van der Waals surface area contributed by atoms with Crippen LogP contribution in [0.15, 0.2) is 47.6 Å². The average Bonchev–Trinajstić information content (AvgIpc) is 2.48. The molecule has 6 heteroatoms. The number of pyridine rings is 1. The van der Waals surface area contributed by atoms with E-state index in [0.717, 1.165) is 5.03 Å². The first-order valence-corrected chi connectivity index (χ1v) is 7.36. The van der Waals surface area contributed by atoms with E-state index in [1.165, 1.54) is 22.7 Å². The monoisotopic (exact) mass is 305 g/mol. The summed E-state index contributed by atoms with van der Waals surface area (Å²) in [4.78, 5) is 17.6. The third-order valence-electron chi connectivity index (χ3n) is 2.89. The summed E-state index contributed by atoms with van der Waals surface area (Å²) in [7, 11) is 1.66. The Bertz CT molecular complexity index is 619. The van der Waals surface area contributed by atoms with Crippen molar-refractivity contribution in [3.63, 3.8) is 0 Å². The second-order valence-corrected chi connectivity index (χ2v) is 5.56. The molecule has 0 fully saturated rings. The Balaban J connectivity index is 1.88. The normalized spacial score (nSPS) is 10.4. The van der Waals surface area contributed by atoms with Crippen LogP contribution in [0, 0.1) is 5.82 Å². The smallest absolute Gasteiger partial charge is 0.233 e. The van der Waals surface area contributed by atoms with E-state index in [-0.39, 0.29) is 24.0 Å². The predicted molar refractivity (Wildman–Crippen MR) is 82.2 cm³/mol. The van der Waals surface area contributed by atoms with Gasteiger partial charge in [-0.2, -0.15) is 0 Å². The number of nitrogens with zero attached hydrogens (tertiary/aromatic N) is 2. The van der Waals surface area contributed by atoms with Crippen LogP contribution >= 0.6 is 11.8 Å². The SMILES string of the molecule is CN(Cc1ccccc1F)C(=O)CSc1ccc(N)cn1. The molecule has 21 heavy (non-hydrogen) atoms. The summed E-state index contributed by atoms with van der Waals surface area (Å²) in [5, 5.41) is 0.733. The molecule has 1 amide bonds. The van der Waals surface area contributed by atoms with E-state index in [0.29, 0.717) is 11.3 Å². The van der Waals surface area contributed by atoms with Gasteiger partial charge in [0.15, 0.2) is 0 Å². The van der Waals surface area contributed by atoms with Gasteiger partial charge in [0.2, 0.25) is 5.91 Å². The van der Waals surface area contributed by atoms with Gasteiger partial charge < -0.3 is 10.6 Å². The number of carbonyl (C=O) groups excluding carboxylic acids is 1. The number of nitrogens with two attached hydrogens (primary N) is 1. The molecule has 0 bridgehead atoms. The number of anilines is 1. The highest BCUT2D eigenvalue weighted by Gasteiger charge is 2.12. The van der Waals surface area contributed by atoms with Gasteiger partial charge in [0.1, 0.15) is 5.82 Å². The molecule has 0 radical (unpaired) electrons. The highest BCUT2D eigenvalue weighted by Crippen LogP contribution is 2.17. The van der Waals surface area contributed by atoms with Crippen LogP contribution in [-0.2, 0) is 11.3 Å². The van der Waals surface area contributed by atoms with Crippen molar-refractivity contribution in [3.8, 4) is 0 Å². The highest BCUT2D eigenvalue weighted by atomic mass is 32.2. The molecule has 0 spiro atoms. The zero-order chi connectivity index (χ0) is 15.2. The minimum atomic E-state index is -0.301. The Morgan fingerprint density at radius 2 is 2.10 bits per heavy atom. The largest absolute Gasteiger partial charge is 0.397 e. The van der Waals surface area contributed by atoms with Crippen LogP contribution in [0.3, 0.4) is 0 Å². The van der Waals surface area contributed by atoms with E-state index >= 15 is 0 Å². The van der Waals surface area contributed by atoms with Crippen molar-refractivity contribution in [2.45, 2.75) is 11.6 Å². The van der Waals surface area contributed by atoms with Crippen LogP contribution in [-0.4, -0.2) is 28.6 Å². The van der Waals surface area contributed by atoms with E-state index < -0.39 is 0 Å². The molecule has 0 saturated carbocycles. The molecular weight excluding hydrogens is 289 g/mol. The molecule has 0 aliphatic heterocycles. The molecule has 2 aromatic rings. The van der Waals surface area contributed by atoms with Gasteiger partial charge in [0.05, 0.1) is 22.7 Å². The second-order valence-electron chi connectivity index (χ2n) is 4.56. The van der Waals surface area contributed by atoms with Gasteiger partial charge in [-0.15, -0.1) is 0 Å². The van der Waals surface area contributed by atoms with Crippen LogP contribution in [0.25, 0.3) is 0 Å². The number of hydrogen-bond donors (Lipinski definition) is 1. The van der Waals surface area contributed by atoms with Crippen LogP contribution in [0.5, 0.6) is 0 Å². The maximum atomic E-state index is 13.5. The fraction of sp³-hybridized carbons (Fsp3) is 0.200. The van der Waals surface area contributed by atoms with Gasteiger partial charge in [-0.05, 0) is 18.2 Å². The van der Waals surface area contributed by atoms with E-state index in [1.54, 1.807) is 43.6 Å². The van der Waals surface area contributed by atoms with Gasteiger partial charge >= 0.3 is 0 Å².